The van der Waals surface area contributed by atoms with E-state index < -0.39 is 13.9 Å². The third-order valence-corrected chi connectivity index (χ3v) is 16.7. The van der Waals surface area contributed by atoms with Gasteiger partial charge < -0.3 is 9.53 Å². The van der Waals surface area contributed by atoms with Crippen molar-refractivity contribution in [1.29, 1.82) is 0 Å². The number of benzene rings is 1. The quantitative estimate of drug-likeness (QED) is 0.439. The first-order valence-corrected chi connectivity index (χ1v) is 17.2. The van der Waals surface area contributed by atoms with E-state index in [9.17, 15) is 5.11 Å². The van der Waals surface area contributed by atoms with Crippen LogP contribution in [-0.2, 0) is 10.0 Å². The fourth-order valence-corrected chi connectivity index (χ4v) is 10.4. The number of aliphatic hydroxyl groups is 1. The van der Waals surface area contributed by atoms with Crippen LogP contribution in [0.4, 0.5) is 0 Å². The molecule has 4 aliphatic rings. The Morgan fingerprint density at radius 1 is 0.853 bits per heavy atom. The van der Waals surface area contributed by atoms with Gasteiger partial charge in [-0.25, -0.2) is 0 Å². The van der Waals surface area contributed by atoms with E-state index in [-0.39, 0.29) is 5.04 Å². The molecule has 4 fully saturated rings. The molecule has 0 aliphatic heterocycles. The molecule has 0 aromatic heterocycles. The molecule has 0 radical (unpaired) electrons. The second-order valence-electron chi connectivity index (χ2n) is 14.7. The van der Waals surface area contributed by atoms with Gasteiger partial charge in [-0.2, -0.15) is 0 Å². The van der Waals surface area contributed by atoms with Crippen LogP contribution in [0.1, 0.15) is 98.0 Å². The van der Waals surface area contributed by atoms with Crippen LogP contribution in [0.25, 0.3) is 0 Å². The Morgan fingerprint density at radius 3 is 2.21 bits per heavy atom. The lowest BCUT2D eigenvalue weighted by Crippen LogP contribution is -2.56. The molecule has 0 amide bonds. The van der Waals surface area contributed by atoms with Gasteiger partial charge in [-0.15, -0.1) is 0 Å². The average molecular weight is 483 g/mol. The first kappa shape index (κ1) is 25.0. The van der Waals surface area contributed by atoms with Crippen LogP contribution in [-0.4, -0.2) is 19.5 Å². The highest BCUT2D eigenvalue weighted by Crippen LogP contribution is 2.68. The van der Waals surface area contributed by atoms with Gasteiger partial charge in [0.15, 0.2) is 8.32 Å². The topological polar surface area (TPSA) is 29.5 Å². The van der Waals surface area contributed by atoms with Crippen LogP contribution in [0.2, 0.25) is 18.1 Å². The monoisotopic (exact) mass is 482 g/mol. The van der Waals surface area contributed by atoms with Crippen molar-refractivity contribution in [3.8, 4) is 0 Å². The Morgan fingerprint density at radius 2 is 1.53 bits per heavy atom. The van der Waals surface area contributed by atoms with E-state index in [4.69, 9.17) is 4.43 Å². The molecular weight excluding hydrogens is 432 g/mol. The number of rotatable bonds is 3. The van der Waals surface area contributed by atoms with Crippen molar-refractivity contribution >= 4 is 8.32 Å². The fraction of sp³-hybridized carbons (Fsp3) is 0.806. The lowest BCUT2D eigenvalue weighted by molar-refractivity contribution is -0.156. The average Bonchev–Trinajstić information content (AvgIpc) is 3.10. The Hall–Kier alpha value is -0.643. The Balaban J connectivity index is 1.34. The molecule has 190 valence electrons. The van der Waals surface area contributed by atoms with E-state index in [1.54, 1.807) is 0 Å². The van der Waals surface area contributed by atoms with Gasteiger partial charge >= 0.3 is 0 Å². The van der Waals surface area contributed by atoms with Crippen LogP contribution in [0, 0.1) is 34.5 Å². The van der Waals surface area contributed by atoms with Gasteiger partial charge in [0.2, 0.25) is 0 Å². The van der Waals surface area contributed by atoms with Crippen LogP contribution >= 0.6 is 0 Å². The van der Waals surface area contributed by atoms with Crippen LogP contribution in [0.3, 0.4) is 0 Å². The smallest absolute Gasteiger partial charge is 0.192 e. The van der Waals surface area contributed by atoms with Crippen molar-refractivity contribution in [2.45, 2.75) is 122 Å². The highest BCUT2D eigenvalue weighted by Gasteiger charge is 2.62. The molecule has 0 heterocycles. The zero-order valence-corrected chi connectivity index (χ0v) is 24.0. The zero-order chi connectivity index (χ0) is 24.6. The van der Waals surface area contributed by atoms with Gasteiger partial charge in [0.1, 0.15) is 0 Å². The maximum absolute atomic E-state index is 11.7. The largest absolute Gasteiger partial charge is 0.413 e. The van der Waals surface area contributed by atoms with E-state index >= 15 is 0 Å². The summed E-state index contributed by atoms with van der Waals surface area (Å²) in [7, 11) is -1.76. The molecule has 4 saturated carbocycles. The van der Waals surface area contributed by atoms with Gasteiger partial charge in [0.25, 0.3) is 0 Å². The van der Waals surface area contributed by atoms with Gasteiger partial charge in [-0.1, -0.05) is 65.0 Å². The Bertz CT molecular complexity index is 890. The standard InChI is InChI=1S/C31H50O2Si/c1-28(2,3)34(6,7)33-27-16-15-25-24-14-13-23-21-31(32,22-11-9-8-10-12-22)20-19-29(23,4)26(24)17-18-30(25,27)5/h8-12,23-27,32H,13-21H2,1-7H3/t23-,24-,25-,26-,27-,29-,30-,31+/m0/s1. The predicted molar refractivity (Wildman–Crippen MR) is 144 cm³/mol. The van der Waals surface area contributed by atoms with E-state index in [0.29, 0.717) is 22.9 Å². The van der Waals surface area contributed by atoms with Crippen LogP contribution < -0.4 is 0 Å². The molecule has 1 aromatic rings. The minimum Gasteiger partial charge on any atom is -0.413 e. The third kappa shape index (κ3) is 3.79. The lowest BCUT2D eigenvalue weighted by Gasteiger charge is -2.62. The summed E-state index contributed by atoms with van der Waals surface area (Å²) in [5.74, 6) is 3.17. The van der Waals surface area contributed by atoms with Crippen LogP contribution in [0.5, 0.6) is 0 Å². The van der Waals surface area contributed by atoms with Gasteiger partial charge in [0, 0.05) is 0 Å². The van der Waals surface area contributed by atoms with Crippen molar-refractivity contribution in [2.24, 2.45) is 34.5 Å². The van der Waals surface area contributed by atoms with E-state index in [1.807, 2.05) is 0 Å². The van der Waals surface area contributed by atoms with Gasteiger partial charge in [-0.05, 0) is 116 Å². The third-order valence-electron chi connectivity index (χ3n) is 12.2. The molecule has 2 nitrogen and oxygen atoms in total. The van der Waals surface area contributed by atoms with Crippen molar-refractivity contribution in [1.82, 2.24) is 0 Å². The van der Waals surface area contributed by atoms with Gasteiger partial charge in [0.05, 0.1) is 11.7 Å². The molecule has 8 atom stereocenters. The molecule has 0 unspecified atom stereocenters. The predicted octanol–water partition coefficient (Wildman–Crippen LogP) is 8.31. The summed E-state index contributed by atoms with van der Waals surface area (Å²) < 4.78 is 7.13. The second kappa shape index (κ2) is 8.18. The molecule has 34 heavy (non-hydrogen) atoms. The maximum Gasteiger partial charge on any atom is 0.192 e. The molecule has 5 rings (SSSR count). The molecule has 0 bridgehead atoms. The number of hydrogen-bond acceptors (Lipinski definition) is 2. The summed E-state index contributed by atoms with van der Waals surface area (Å²) >= 11 is 0. The molecule has 3 heteroatoms. The summed E-state index contributed by atoms with van der Waals surface area (Å²) in [6.07, 6.45) is 11.5. The first-order valence-electron chi connectivity index (χ1n) is 14.3. The highest BCUT2D eigenvalue weighted by atomic mass is 28.4. The summed E-state index contributed by atoms with van der Waals surface area (Å²) in [6.45, 7) is 17.2. The molecule has 0 spiro atoms. The normalized spacial score (nSPS) is 44.8. The first-order chi connectivity index (χ1) is 15.8. The van der Waals surface area contributed by atoms with E-state index in [0.717, 1.165) is 36.2 Å². The number of hydrogen-bond donors (Lipinski definition) is 1. The number of fused-ring (bicyclic) bond motifs is 5. The van der Waals surface area contributed by atoms with E-state index in [2.05, 4.69) is 78.0 Å². The second-order valence-corrected chi connectivity index (χ2v) is 19.5. The van der Waals surface area contributed by atoms with Crippen molar-refractivity contribution < 1.29 is 9.53 Å². The minimum atomic E-state index is -1.76. The van der Waals surface area contributed by atoms with Crippen LogP contribution in [0.15, 0.2) is 30.3 Å². The molecular formula is C31H50O2Si. The minimum absolute atomic E-state index is 0.280. The summed E-state index contributed by atoms with van der Waals surface area (Å²) in [6, 6.07) is 10.5. The van der Waals surface area contributed by atoms with Crippen molar-refractivity contribution in [3.05, 3.63) is 35.9 Å². The molecule has 0 saturated heterocycles. The Kier molecular flexibility index (Phi) is 6.02. The Labute approximate surface area is 210 Å². The molecule has 1 N–H and O–H groups in total. The maximum atomic E-state index is 11.7. The summed E-state index contributed by atoms with van der Waals surface area (Å²) in [5.41, 5.74) is 1.26. The van der Waals surface area contributed by atoms with Gasteiger partial charge in [-0.3, -0.25) is 0 Å². The molecule has 1 aromatic carbocycles. The summed E-state index contributed by atoms with van der Waals surface area (Å²) in [5, 5.41) is 12.0. The lowest BCUT2D eigenvalue weighted by atomic mass is 9.44. The van der Waals surface area contributed by atoms with E-state index in [1.165, 1.54) is 44.9 Å². The van der Waals surface area contributed by atoms with Crippen molar-refractivity contribution in [2.75, 3.05) is 0 Å². The summed E-state index contributed by atoms with van der Waals surface area (Å²) in [4.78, 5) is 0. The SMILES string of the molecule is CC(C)(C)[Si](C)(C)O[C@H]1CC[C@H]2[C@@H]3CC[C@H]4C[C@@](O)(c5ccccc5)CC[C@]4(C)[C@H]3CC[C@]12C. The van der Waals surface area contributed by atoms with Crippen molar-refractivity contribution in [3.63, 3.8) is 0 Å². The zero-order valence-electron chi connectivity index (χ0n) is 23.0. The molecule has 4 aliphatic carbocycles. The fourth-order valence-electron chi connectivity index (χ4n) is 8.93. The highest BCUT2D eigenvalue weighted by molar-refractivity contribution is 6.74.